The Kier molecular flexibility index (Phi) is 6.30. The predicted octanol–water partition coefficient (Wildman–Crippen LogP) is 2.31. The molecule has 0 spiro atoms. The molecule has 0 aromatic carbocycles. The highest BCUT2D eigenvalue weighted by molar-refractivity contribution is 5.81. The van der Waals surface area contributed by atoms with E-state index in [-0.39, 0.29) is 17.4 Å². The van der Waals surface area contributed by atoms with Gasteiger partial charge in [-0.1, -0.05) is 13.8 Å². The van der Waals surface area contributed by atoms with E-state index in [4.69, 9.17) is 5.26 Å². The number of piperidine rings is 1. The fraction of sp³-hybridized carbons (Fsp3) is 0.867. The van der Waals surface area contributed by atoms with Crippen molar-refractivity contribution < 1.29 is 4.79 Å². The minimum Gasteiger partial charge on any atom is -0.341 e. The van der Waals surface area contributed by atoms with Gasteiger partial charge in [0.15, 0.2) is 0 Å². The van der Waals surface area contributed by atoms with Crippen LogP contribution in [0, 0.1) is 16.7 Å². The Hall–Kier alpha value is -1.08. The lowest BCUT2D eigenvalue weighted by molar-refractivity contribution is -0.134. The molecule has 1 amide bonds. The lowest BCUT2D eigenvalue weighted by atomic mass is 9.88. The molecule has 0 saturated carbocycles. The van der Waals surface area contributed by atoms with E-state index in [2.05, 4.69) is 25.2 Å². The molecule has 4 nitrogen and oxygen atoms in total. The molecule has 1 heterocycles. The van der Waals surface area contributed by atoms with Gasteiger partial charge in [-0.15, -0.1) is 0 Å². The summed E-state index contributed by atoms with van der Waals surface area (Å²) >= 11 is 0. The van der Waals surface area contributed by atoms with Gasteiger partial charge in [0.05, 0.1) is 12.1 Å². The maximum absolute atomic E-state index is 12.2. The summed E-state index contributed by atoms with van der Waals surface area (Å²) in [5, 5.41) is 12.0. The number of carbonyl (C=O) groups is 1. The molecule has 1 N–H and O–H groups in total. The smallest absolute Gasteiger partial charge is 0.239 e. The van der Waals surface area contributed by atoms with Crippen LogP contribution in [0.25, 0.3) is 0 Å². The summed E-state index contributed by atoms with van der Waals surface area (Å²) in [7, 11) is 0. The van der Waals surface area contributed by atoms with E-state index in [1.165, 1.54) is 6.42 Å². The first-order valence-corrected chi connectivity index (χ1v) is 7.35. The molecule has 1 fully saturated rings. The Balaban J connectivity index is 2.35. The number of nitriles is 1. The summed E-state index contributed by atoms with van der Waals surface area (Å²) in [4.78, 5) is 14.2. The fourth-order valence-electron chi connectivity index (χ4n) is 2.39. The zero-order valence-corrected chi connectivity index (χ0v) is 12.5. The highest BCUT2D eigenvalue weighted by atomic mass is 16.2. The number of amides is 1. The molecule has 0 radical (unpaired) electrons. The summed E-state index contributed by atoms with van der Waals surface area (Å²) in [5.74, 6) is 0.218. The van der Waals surface area contributed by atoms with E-state index in [0.717, 1.165) is 38.9 Å². The molecule has 1 aliphatic heterocycles. The van der Waals surface area contributed by atoms with Crippen LogP contribution in [0.1, 0.15) is 52.9 Å². The van der Waals surface area contributed by atoms with Gasteiger partial charge < -0.3 is 10.2 Å². The van der Waals surface area contributed by atoms with Crippen molar-refractivity contribution in [2.45, 2.75) is 58.9 Å². The third-order valence-corrected chi connectivity index (χ3v) is 3.84. The topological polar surface area (TPSA) is 56.1 Å². The second-order valence-corrected chi connectivity index (χ2v) is 6.31. The molecule has 108 valence electrons. The van der Waals surface area contributed by atoms with Crippen molar-refractivity contribution in [2.24, 2.45) is 5.41 Å². The largest absolute Gasteiger partial charge is 0.341 e. The molecule has 0 bridgehead atoms. The average molecular weight is 265 g/mol. The zero-order valence-electron chi connectivity index (χ0n) is 12.5. The van der Waals surface area contributed by atoms with Crippen LogP contribution < -0.4 is 5.32 Å². The van der Waals surface area contributed by atoms with Gasteiger partial charge in [0.2, 0.25) is 5.91 Å². The minimum atomic E-state index is -0.125. The first kappa shape index (κ1) is 16.0. The molecular formula is C15H27N3O. The highest BCUT2D eigenvalue weighted by Gasteiger charge is 2.24. The normalized spacial score (nSPS) is 17.9. The molecule has 1 unspecified atom stereocenters. The number of likely N-dealkylation sites (tertiary alicyclic amines) is 1. The van der Waals surface area contributed by atoms with Crippen LogP contribution in [0.5, 0.6) is 0 Å². The first-order valence-electron chi connectivity index (χ1n) is 7.35. The van der Waals surface area contributed by atoms with E-state index in [1.54, 1.807) is 0 Å². The molecule has 0 aliphatic carbocycles. The van der Waals surface area contributed by atoms with Crippen LogP contribution >= 0.6 is 0 Å². The van der Waals surface area contributed by atoms with Crippen molar-refractivity contribution in [3.63, 3.8) is 0 Å². The third-order valence-electron chi connectivity index (χ3n) is 3.84. The van der Waals surface area contributed by atoms with Crippen molar-refractivity contribution in [3.05, 3.63) is 0 Å². The van der Waals surface area contributed by atoms with Crippen molar-refractivity contribution in [3.8, 4) is 6.07 Å². The zero-order chi connectivity index (χ0) is 14.3. The Morgan fingerprint density at radius 1 is 1.37 bits per heavy atom. The Bertz CT molecular complexity index is 327. The Labute approximate surface area is 117 Å². The van der Waals surface area contributed by atoms with E-state index in [1.807, 2.05) is 11.8 Å². The molecule has 1 atom stereocenters. The van der Waals surface area contributed by atoms with Gasteiger partial charge >= 0.3 is 0 Å². The average Bonchev–Trinajstić information content (AvgIpc) is 2.43. The van der Waals surface area contributed by atoms with Crippen LogP contribution in [-0.2, 0) is 4.79 Å². The van der Waals surface area contributed by atoms with E-state index < -0.39 is 0 Å². The van der Waals surface area contributed by atoms with Crippen molar-refractivity contribution in [1.29, 1.82) is 5.26 Å². The third kappa shape index (κ3) is 5.61. The van der Waals surface area contributed by atoms with Crippen LogP contribution in [0.2, 0.25) is 0 Å². The first-order chi connectivity index (χ1) is 8.96. The maximum atomic E-state index is 12.2. The SMILES string of the molecule is CC(NCC(C)(C)CCC#N)C(=O)N1CCCCC1. The highest BCUT2D eigenvalue weighted by Crippen LogP contribution is 2.21. The minimum absolute atomic E-state index is 0.0617. The number of carbonyl (C=O) groups excluding carboxylic acids is 1. The van der Waals surface area contributed by atoms with Crippen LogP contribution in [0.15, 0.2) is 0 Å². The van der Waals surface area contributed by atoms with Crippen molar-refractivity contribution >= 4 is 5.91 Å². The number of hydrogen-bond donors (Lipinski definition) is 1. The van der Waals surface area contributed by atoms with E-state index >= 15 is 0 Å². The van der Waals surface area contributed by atoms with E-state index in [9.17, 15) is 4.79 Å². The molecular weight excluding hydrogens is 238 g/mol. The second-order valence-electron chi connectivity index (χ2n) is 6.31. The van der Waals surface area contributed by atoms with Crippen LogP contribution in [0.4, 0.5) is 0 Å². The number of hydrogen-bond acceptors (Lipinski definition) is 3. The van der Waals surface area contributed by atoms with Crippen LogP contribution in [0.3, 0.4) is 0 Å². The molecule has 1 rings (SSSR count). The van der Waals surface area contributed by atoms with Gasteiger partial charge in [-0.05, 0) is 38.0 Å². The van der Waals surface area contributed by atoms with Gasteiger partial charge in [-0.2, -0.15) is 5.26 Å². The van der Waals surface area contributed by atoms with Crippen molar-refractivity contribution in [2.75, 3.05) is 19.6 Å². The monoisotopic (exact) mass is 265 g/mol. The summed E-state index contributed by atoms with van der Waals surface area (Å²) in [6.45, 7) is 8.79. The van der Waals surface area contributed by atoms with Gasteiger partial charge in [-0.25, -0.2) is 0 Å². The summed E-state index contributed by atoms with van der Waals surface area (Å²) in [6, 6.07) is 2.06. The predicted molar refractivity (Wildman–Crippen MR) is 76.5 cm³/mol. The Morgan fingerprint density at radius 3 is 2.58 bits per heavy atom. The lowest BCUT2D eigenvalue weighted by Gasteiger charge is -2.31. The molecule has 0 aromatic rings. The molecule has 1 aliphatic rings. The van der Waals surface area contributed by atoms with Crippen LogP contribution in [-0.4, -0.2) is 36.5 Å². The quantitative estimate of drug-likeness (QED) is 0.801. The van der Waals surface area contributed by atoms with Gasteiger partial charge in [0.25, 0.3) is 0 Å². The van der Waals surface area contributed by atoms with Crippen molar-refractivity contribution in [1.82, 2.24) is 10.2 Å². The summed E-state index contributed by atoms with van der Waals surface area (Å²) < 4.78 is 0. The fourth-order valence-corrected chi connectivity index (χ4v) is 2.39. The van der Waals surface area contributed by atoms with Gasteiger partial charge in [-0.3, -0.25) is 4.79 Å². The molecule has 1 saturated heterocycles. The van der Waals surface area contributed by atoms with E-state index in [0.29, 0.717) is 6.42 Å². The number of nitrogens with zero attached hydrogens (tertiary/aromatic N) is 2. The number of rotatable bonds is 6. The second kappa shape index (κ2) is 7.49. The molecule has 0 aromatic heterocycles. The molecule has 4 heteroatoms. The van der Waals surface area contributed by atoms with Gasteiger partial charge in [0.1, 0.15) is 0 Å². The summed E-state index contributed by atoms with van der Waals surface area (Å²) in [5.41, 5.74) is 0.0617. The summed E-state index contributed by atoms with van der Waals surface area (Å²) in [6.07, 6.45) is 4.94. The lowest BCUT2D eigenvalue weighted by Crippen LogP contribution is -2.48. The maximum Gasteiger partial charge on any atom is 0.239 e. The number of nitrogens with one attached hydrogen (secondary N) is 1. The van der Waals surface area contributed by atoms with Gasteiger partial charge in [0, 0.05) is 26.1 Å². The Morgan fingerprint density at radius 2 is 2.00 bits per heavy atom. The molecule has 19 heavy (non-hydrogen) atoms. The standard InChI is InChI=1S/C15H27N3O/c1-13(14(19)18-10-5-4-6-11-18)17-12-15(2,3)8-7-9-16/h13,17H,4-8,10-12H2,1-3H3.